The van der Waals surface area contributed by atoms with Gasteiger partial charge < -0.3 is 5.73 Å². The Balaban J connectivity index is 2.16. The summed E-state index contributed by atoms with van der Waals surface area (Å²) in [6.07, 6.45) is -1.08. The Bertz CT molecular complexity index is 457. The molecule has 2 nitrogen and oxygen atoms in total. The first-order chi connectivity index (χ1) is 9.36. The summed E-state index contributed by atoms with van der Waals surface area (Å²) in [6, 6.07) is 4.09. The van der Waals surface area contributed by atoms with Gasteiger partial charge in [0, 0.05) is 12.2 Å². The summed E-state index contributed by atoms with van der Waals surface area (Å²) < 4.78 is 39.2. The van der Waals surface area contributed by atoms with Crippen molar-refractivity contribution < 1.29 is 13.2 Å². The van der Waals surface area contributed by atoms with Gasteiger partial charge in [0.15, 0.2) is 0 Å². The van der Waals surface area contributed by atoms with Crippen molar-refractivity contribution in [2.45, 2.75) is 38.9 Å². The molecule has 1 fully saturated rings. The van der Waals surface area contributed by atoms with Crippen molar-refractivity contribution in [2.24, 2.45) is 5.92 Å². The molecule has 1 aliphatic rings. The van der Waals surface area contributed by atoms with Gasteiger partial charge in [0.2, 0.25) is 0 Å². The summed E-state index contributed by atoms with van der Waals surface area (Å²) >= 11 is 0. The third-order valence-corrected chi connectivity index (χ3v) is 3.94. The van der Waals surface area contributed by atoms with E-state index in [1.807, 2.05) is 0 Å². The van der Waals surface area contributed by atoms with Gasteiger partial charge in [-0.15, -0.1) is 0 Å². The number of nitrogen functional groups attached to an aromatic ring is 1. The molecule has 1 saturated heterocycles. The van der Waals surface area contributed by atoms with Crippen LogP contribution < -0.4 is 5.73 Å². The predicted molar refractivity (Wildman–Crippen MR) is 74.1 cm³/mol. The lowest BCUT2D eigenvalue weighted by Gasteiger charge is -2.22. The number of nitrogens with zero attached hydrogens (tertiary/aromatic N) is 1. The quantitative estimate of drug-likeness (QED) is 0.835. The van der Waals surface area contributed by atoms with Crippen LogP contribution in [0.1, 0.15) is 37.3 Å². The van der Waals surface area contributed by atoms with Crippen LogP contribution in [0.5, 0.6) is 0 Å². The zero-order chi connectivity index (χ0) is 14.8. The van der Waals surface area contributed by atoms with Gasteiger partial charge in [-0.05, 0) is 56.0 Å². The summed E-state index contributed by atoms with van der Waals surface area (Å²) in [5.74, 6) is 0.661. The van der Waals surface area contributed by atoms with E-state index in [4.69, 9.17) is 5.73 Å². The minimum absolute atomic E-state index is 0.158. The zero-order valence-electron chi connectivity index (χ0n) is 11.7. The average molecular weight is 286 g/mol. The lowest BCUT2D eigenvalue weighted by Crippen LogP contribution is -2.26. The highest BCUT2D eigenvalue weighted by atomic mass is 19.4. The van der Waals surface area contributed by atoms with Crippen LogP contribution in [0.2, 0.25) is 0 Å². The lowest BCUT2D eigenvalue weighted by molar-refractivity contribution is -0.138. The fourth-order valence-corrected chi connectivity index (χ4v) is 2.72. The Hall–Kier alpha value is -1.23. The van der Waals surface area contributed by atoms with Crippen molar-refractivity contribution in [1.29, 1.82) is 0 Å². The minimum atomic E-state index is -4.34. The number of hydrogen-bond acceptors (Lipinski definition) is 2. The lowest BCUT2D eigenvalue weighted by atomic mass is 10.0. The first-order valence-corrected chi connectivity index (χ1v) is 7.04. The standard InChI is InChI=1S/C15H21F3N2/c1-11-3-2-7-20(8-6-11)10-12-4-5-13(19)9-14(12)15(16,17)18/h4-5,9,11H,2-3,6-8,10,19H2,1H3. The van der Waals surface area contributed by atoms with Crippen molar-refractivity contribution in [3.63, 3.8) is 0 Å². The summed E-state index contributed by atoms with van der Waals surface area (Å²) in [7, 11) is 0. The smallest absolute Gasteiger partial charge is 0.399 e. The van der Waals surface area contributed by atoms with Gasteiger partial charge in [-0.3, -0.25) is 4.90 Å². The molecule has 1 atom stereocenters. The van der Waals surface area contributed by atoms with Crippen LogP contribution in [0.15, 0.2) is 18.2 Å². The topological polar surface area (TPSA) is 29.3 Å². The van der Waals surface area contributed by atoms with E-state index in [1.165, 1.54) is 6.07 Å². The normalized spacial score (nSPS) is 21.7. The van der Waals surface area contributed by atoms with Crippen LogP contribution in [-0.4, -0.2) is 18.0 Å². The highest BCUT2D eigenvalue weighted by molar-refractivity contribution is 5.46. The van der Waals surface area contributed by atoms with Gasteiger partial charge in [-0.25, -0.2) is 0 Å². The second-order valence-corrected chi connectivity index (χ2v) is 5.73. The molecule has 112 valence electrons. The number of anilines is 1. The van der Waals surface area contributed by atoms with E-state index in [9.17, 15) is 13.2 Å². The maximum absolute atomic E-state index is 13.1. The average Bonchev–Trinajstić information content (AvgIpc) is 2.55. The van der Waals surface area contributed by atoms with Crippen LogP contribution in [-0.2, 0) is 12.7 Å². The van der Waals surface area contributed by atoms with Gasteiger partial charge >= 0.3 is 6.18 Å². The van der Waals surface area contributed by atoms with Gasteiger partial charge in [-0.1, -0.05) is 13.0 Å². The minimum Gasteiger partial charge on any atom is -0.399 e. The SMILES string of the molecule is CC1CCCN(Cc2ccc(N)cc2C(F)(F)F)CC1. The molecule has 0 spiro atoms. The molecule has 1 aromatic carbocycles. The molecule has 20 heavy (non-hydrogen) atoms. The number of nitrogens with two attached hydrogens (primary N) is 1. The molecule has 1 unspecified atom stereocenters. The summed E-state index contributed by atoms with van der Waals surface area (Å²) in [4.78, 5) is 2.12. The molecule has 2 N–H and O–H groups in total. The second kappa shape index (κ2) is 6.04. The first-order valence-electron chi connectivity index (χ1n) is 7.04. The van der Waals surface area contributed by atoms with E-state index in [2.05, 4.69) is 11.8 Å². The molecule has 1 heterocycles. The van der Waals surface area contributed by atoms with E-state index >= 15 is 0 Å². The van der Waals surface area contributed by atoms with E-state index in [1.54, 1.807) is 6.07 Å². The zero-order valence-corrected chi connectivity index (χ0v) is 11.7. The molecule has 2 rings (SSSR count). The Morgan fingerprint density at radius 3 is 2.70 bits per heavy atom. The molecule has 5 heteroatoms. The molecule has 1 aromatic rings. The molecule has 0 amide bonds. The van der Waals surface area contributed by atoms with E-state index in [0.717, 1.165) is 38.4 Å². The summed E-state index contributed by atoms with van der Waals surface area (Å²) in [5, 5.41) is 0. The first kappa shape index (κ1) is 15.2. The number of hydrogen-bond donors (Lipinski definition) is 1. The van der Waals surface area contributed by atoms with Gasteiger partial charge in [-0.2, -0.15) is 13.2 Å². The third kappa shape index (κ3) is 3.88. The second-order valence-electron chi connectivity index (χ2n) is 5.73. The maximum Gasteiger partial charge on any atom is 0.416 e. The van der Waals surface area contributed by atoms with Gasteiger partial charge in [0.1, 0.15) is 0 Å². The highest BCUT2D eigenvalue weighted by Crippen LogP contribution is 2.34. The Labute approximate surface area is 117 Å². The molecule has 1 aliphatic heterocycles. The molecule has 0 bridgehead atoms. The fraction of sp³-hybridized carbons (Fsp3) is 0.600. The van der Waals surface area contributed by atoms with Crippen molar-refractivity contribution in [3.8, 4) is 0 Å². The van der Waals surface area contributed by atoms with Crippen molar-refractivity contribution >= 4 is 5.69 Å². The largest absolute Gasteiger partial charge is 0.416 e. The monoisotopic (exact) mass is 286 g/mol. The Morgan fingerprint density at radius 2 is 2.00 bits per heavy atom. The molecule has 0 saturated carbocycles. The Kier molecular flexibility index (Phi) is 4.58. The highest BCUT2D eigenvalue weighted by Gasteiger charge is 2.33. The number of alkyl halides is 3. The van der Waals surface area contributed by atoms with Crippen LogP contribution in [0.25, 0.3) is 0 Å². The van der Waals surface area contributed by atoms with Crippen molar-refractivity contribution in [2.75, 3.05) is 18.8 Å². The number of likely N-dealkylation sites (tertiary alicyclic amines) is 1. The molecular weight excluding hydrogens is 265 g/mol. The van der Waals surface area contributed by atoms with Gasteiger partial charge in [0.05, 0.1) is 5.56 Å². The molecule has 0 aromatic heterocycles. The predicted octanol–water partition coefficient (Wildman–Crippen LogP) is 3.91. The third-order valence-electron chi connectivity index (χ3n) is 3.94. The van der Waals surface area contributed by atoms with Crippen molar-refractivity contribution in [1.82, 2.24) is 4.90 Å². The van der Waals surface area contributed by atoms with Crippen LogP contribution in [0.3, 0.4) is 0 Å². The Morgan fingerprint density at radius 1 is 1.25 bits per heavy atom. The fourth-order valence-electron chi connectivity index (χ4n) is 2.72. The van der Waals surface area contributed by atoms with E-state index < -0.39 is 11.7 Å². The molecule has 0 radical (unpaired) electrons. The summed E-state index contributed by atoms with van der Waals surface area (Å²) in [5.41, 5.74) is 5.36. The van der Waals surface area contributed by atoms with Crippen molar-refractivity contribution in [3.05, 3.63) is 29.3 Å². The van der Waals surface area contributed by atoms with Gasteiger partial charge in [0.25, 0.3) is 0 Å². The van der Waals surface area contributed by atoms with Crippen LogP contribution >= 0.6 is 0 Å². The number of benzene rings is 1. The van der Waals surface area contributed by atoms with E-state index in [-0.39, 0.29) is 5.69 Å². The van der Waals surface area contributed by atoms with Crippen LogP contribution in [0, 0.1) is 5.92 Å². The molecule has 0 aliphatic carbocycles. The summed E-state index contributed by atoms with van der Waals surface area (Å²) in [6.45, 7) is 4.28. The number of rotatable bonds is 2. The van der Waals surface area contributed by atoms with E-state index in [0.29, 0.717) is 18.0 Å². The molecular formula is C15H21F3N2. The van der Waals surface area contributed by atoms with Crippen LogP contribution in [0.4, 0.5) is 18.9 Å². The number of halogens is 3. The maximum atomic E-state index is 13.1.